The van der Waals surface area contributed by atoms with Crippen LogP contribution in [0.2, 0.25) is 0 Å². The van der Waals surface area contributed by atoms with Gasteiger partial charge < -0.3 is 4.84 Å². The Hall–Kier alpha value is -1.98. The second-order valence-corrected chi connectivity index (χ2v) is 5.00. The Labute approximate surface area is 116 Å². The van der Waals surface area contributed by atoms with Crippen molar-refractivity contribution in [3.63, 3.8) is 0 Å². The molecule has 0 aromatic heterocycles. The molecule has 0 aromatic carbocycles. The van der Waals surface area contributed by atoms with E-state index < -0.39 is 17.8 Å². The van der Waals surface area contributed by atoms with Crippen LogP contribution in [-0.4, -0.2) is 28.6 Å². The molecule has 6 heteroatoms. The quantitative estimate of drug-likeness (QED) is 0.574. The number of ketones is 1. The fourth-order valence-corrected chi connectivity index (χ4v) is 2.34. The smallest absolute Gasteiger partial charge is 0.330 e. The monoisotopic (exact) mass is 279 g/mol. The van der Waals surface area contributed by atoms with Crippen molar-refractivity contribution < 1.29 is 24.0 Å². The summed E-state index contributed by atoms with van der Waals surface area (Å²) in [4.78, 5) is 51.1. The third-order valence-corrected chi connectivity index (χ3v) is 3.47. The maximum atomic E-state index is 11.9. The molecule has 6 nitrogen and oxygen atoms in total. The number of allylic oxidation sites excluding steroid dienone is 2. The van der Waals surface area contributed by atoms with Crippen LogP contribution in [-0.2, 0) is 24.0 Å². The average molecular weight is 279 g/mol. The highest BCUT2D eigenvalue weighted by atomic mass is 16.7. The first-order valence-corrected chi connectivity index (χ1v) is 6.82. The molecule has 1 heterocycles. The van der Waals surface area contributed by atoms with Gasteiger partial charge in [-0.2, -0.15) is 0 Å². The first kappa shape index (κ1) is 14.4. The molecule has 0 spiro atoms. The normalized spacial score (nSPS) is 25.3. The number of rotatable bonds is 3. The summed E-state index contributed by atoms with van der Waals surface area (Å²) in [6, 6.07) is 0. The maximum Gasteiger partial charge on any atom is 0.333 e. The molecule has 2 rings (SSSR count). The van der Waals surface area contributed by atoms with E-state index in [1.807, 2.05) is 12.2 Å². The van der Waals surface area contributed by atoms with Crippen LogP contribution in [0, 0.1) is 5.92 Å². The van der Waals surface area contributed by atoms with Gasteiger partial charge in [-0.3, -0.25) is 14.4 Å². The van der Waals surface area contributed by atoms with Crippen molar-refractivity contribution in [2.45, 2.75) is 44.9 Å². The van der Waals surface area contributed by atoms with E-state index >= 15 is 0 Å². The van der Waals surface area contributed by atoms with Crippen molar-refractivity contribution in [1.82, 2.24) is 5.06 Å². The molecule has 0 radical (unpaired) electrons. The van der Waals surface area contributed by atoms with Gasteiger partial charge in [0.15, 0.2) is 0 Å². The summed E-state index contributed by atoms with van der Waals surface area (Å²) in [6.45, 7) is 0. The van der Waals surface area contributed by atoms with Crippen LogP contribution in [0.4, 0.5) is 0 Å². The Kier molecular flexibility index (Phi) is 4.65. The standard InChI is InChI=1S/C14H17NO5/c16-11-6-4-2-1-3-5-10(11)9-14(19)20-15-12(17)7-8-13(15)18/h1-2,10H,3-9H2/b2-1-. The predicted octanol–water partition coefficient (Wildman–Crippen LogP) is 1.30. The fourth-order valence-electron chi connectivity index (χ4n) is 2.34. The number of Topliss-reactive ketones (excluding diaryl/α,β-unsaturated/α-hetero) is 1. The van der Waals surface area contributed by atoms with E-state index in [1.165, 1.54) is 0 Å². The van der Waals surface area contributed by atoms with Gasteiger partial charge in [0.2, 0.25) is 0 Å². The molecule has 0 bridgehead atoms. The number of nitrogens with zero attached hydrogens (tertiary/aromatic N) is 1. The van der Waals surface area contributed by atoms with Gasteiger partial charge in [-0.15, -0.1) is 5.06 Å². The molecular weight excluding hydrogens is 262 g/mol. The molecule has 0 saturated carbocycles. The van der Waals surface area contributed by atoms with Gasteiger partial charge in [-0.05, 0) is 19.3 Å². The van der Waals surface area contributed by atoms with E-state index in [9.17, 15) is 19.2 Å². The molecule has 20 heavy (non-hydrogen) atoms. The molecule has 1 saturated heterocycles. The molecule has 0 aromatic rings. The zero-order valence-electron chi connectivity index (χ0n) is 11.2. The number of carbonyl (C=O) groups is 4. The Balaban J connectivity index is 1.89. The first-order valence-electron chi connectivity index (χ1n) is 6.82. The van der Waals surface area contributed by atoms with Crippen LogP contribution in [0.15, 0.2) is 12.2 Å². The molecule has 1 aliphatic heterocycles. The minimum atomic E-state index is -0.698. The second-order valence-electron chi connectivity index (χ2n) is 5.00. The molecule has 2 amide bonds. The highest BCUT2D eigenvalue weighted by Gasteiger charge is 2.33. The summed E-state index contributed by atoms with van der Waals surface area (Å²) in [6.07, 6.45) is 6.45. The van der Waals surface area contributed by atoms with Crippen LogP contribution < -0.4 is 0 Å². The summed E-state index contributed by atoms with van der Waals surface area (Å²) in [7, 11) is 0. The largest absolute Gasteiger partial charge is 0.333 e. The SMILES string of the molecule is O=C(CC1CC/C=C\CCC1=O)ON1C(=O)CCC1=O. The molecule has 108 valence electrons. The minimum absolute atomic E-state index is 0.0328. The molecule has 1 aliphatic carbocycles. The van der Waals surface area contributed by atoms with Gasteiger partial charge in [-0.1, -0.05) is 12.2 Å². The lowest BCUT2D eigenvalue weighted by molar-refractivity contribution is -0.198. The van der Waals surface area contributed by atoms with Crippen molar-refractivity contribution in [2.75, 3.05) is 0 Å². The number of hydrogen-bond acceptors (Lipinski definition) is 5. The third-order valence-electron chi connectivity index (χ3n) is 3.47. The van der Waals surface area contributed by atoms with Crippen molar-refractivity contribution >= 4 is 23.6 Å². The molecule has 0 N–H and O–H groups in total. The molecule has 1 fully saturated rings. The molecule has 1 unspecified atom stereocenters. The number of imide groups is 1. The summed E-state index contributed by atoms with van der Waals surface area (Å²) < 4.78 is 0. The second kappa shape index (κ2) is 6.45. The highest BCUT2D eigenvalue weighted by molar-refractivity contribution is 6.01. The summed E-state index contributed by atoms with van der Waals surface area (Å²) in [5.74, 6) is -2.06. The molecular formula is C14H17NO5. The predicted molar refractivity (Wildman–Crippen MR) is 67.9 cm³/mol. The topological polar surface area (TPSA) is 80.8 Å². The number of amides is 2. The third kappa shape index (κ3) is 3.53. The molecule has 1 atom stereocenters. The van der Waals surface area contributed by atoms with Gasteiger partial charge in [-0.25, -0.2) is 4.79 Å². The Morgan fingerprint density at radius 1 is 1.10 bits per heavy atom. The van der Waals surface area contributed by atoms with E-state index in [4.69, 9.17) is 4.84 Å². The van der Waals surface area contributed by atoms with Gasteiger partial charge in [0.25, 0.3) is 11.8 Å². The van der Waals surface area contributed by atoms with Crippen LogP contribution >= 0.6 is 0 Å². The van der Waals surface area contributed by atoms with Crippen LogP contribution in [0.3, 0.4) is 0 Å². The van der Waals surface area contributed by atoms with E-state index in [0.717, 1.165) is 6.42 Å². The Morgan fingerprint density at radius 2 is 1.75 bits per heavy atom. The van der Waals surface area contributed by atoms with Crippen LogP contribution in [0.5, 0.6) is 0 Å². The van der Waals surface area contributed by atoms with Gasteiger partial charge in [0, 0.05) is 25.2 Å². The van der Waals surface area contributed by atoms with Gasteiger partial charge in [0.1, 0.15) is 5.78 Å². The summed E-state index contributed by atoms with van der Waals surface area (Å²) >= 11 is 0. The number of hydrogen-bond donors (Lipinski definition) is 0. The zero-order chi connectivity index (χ0) is 14.5. The lowest BCUT2D eigenvalue weighted by Crippen LogP contribution is -2.33. The summed E-state index contributed by atoms with van der Waals surface area (Å²) in [5, 5.41) is 0.523. The molecule has 2 aliphatic rings. The van der Waals surface area contributed by atoms with Gasteiger partial charge in [0.05, 0.1) is 6.42 Å². The lowest BCUT2D eigenvalue weighted by atomic mass is 9.90. The lowest BCUT2D eigenvalue weighted by Gasteiger charge is -2.17. The van der Waals surface area contributed by atoms with Crippen LogP contribution in [0.1, 0.15) is 44.9 Å². The summed E-state index contributed by atoms with van der Waals surface area (Å²) in [5.41, 5.74) is 0. The number of hydroxylamine groups is 2. The maximum absolute atomic E-state index is 11.9. The zero-order valence-corrected chi connectivity index (χ0v) is 11.2. The van der Waals surface area contributed by atoms with Crippen LogP contribution in [0.25, 0.3) is 0 Å². The van der Waals surface area contributed by atoms with E-state index in [1.54, 1.807) is 0 Å². The fraction of sp³-hybridized carbons (Fsp3) is 0.571. The number of carbonyl (C=O) groups excluding carboxylic acids is 4. The van der Waals surface area contributed by atoms with E-state index in [0.29, 0.717) is 24.3 Å². The van der Waals surface area contributed by atoms with E-state index in [-0.39, 0.29) is 31.0 Å². The average Bonchev–Trinajstić information content (AvgIpc) is 2.70. The Bertz CT molecular complexity index is 452. The van der Waals surface area contributed by atoms with Crippen molar-refractivity contribution in [2.24, 2.45) is 5.92 Å². The highest BCUT2D eigenvalue weighted by Crippen LogP contribution is 2.21. The van der Waals surface area contributed by atoms with Crippen molar-refractivity contribution in [3.8, 4) is 0 Å². The van der Waals surface area contributed by atoms with E-state index in [2.05, 4.69) is 0 Å². The van der Waals surface area contributed by atoms with Crippen molar-refractivity contribution in [3.05, 3.63) is 12.2 Å². The minimum Gasteiger partial charge on any atom is -0.330 e. The van der Waals surface area contributed by atoms with Gasteiger partial charge >= 0.3 is 5.97 Å². The Morgan fingerprint density at radius 3 is 2.45 bits per heavy atom. The van der Waals surface area contributed by atoms with Crippen molar-refractivity contribution in [1.29, 1.82) is 0 Å². The first-order chi connectivity index (χ1) is 9.58.